The summed E-state index contributed by atoms with van der Waals surface area (Å²) in [5.41, 5.74) is 2.49. The first kappa shape index (κ1) is 21.3. The van der Waals surface area contributed by atoms with Crippen LogP contribution in [-0.2, 0) is 16.6 Å². The molecule has 2 aromatic heterocycles. The van der Waals surface area contributed by atoms with E-state index in [2.05, 4.69) is 30.8 Å². The Labute approximate surface area is 187 Å². The van der Waals surface area contributed by atoms with Gasteiger partial charge in [-0.05, 0) is 59.6 Å². The molecule has 0 bridgehead atoms. The van der Waals surface area contributed by atoms with Gasteiger partial charge in [-0.25, -0.2) is 17.5 Å². The lowest BCUT2D eigenvalue weighted by Crippen LogP contribution is -2.16. The Hall–Kier alpha value is -2.98. The van der Waals surface area contributed by atoms with Crippen LogP contribution in [0.1, 0.15) is 17.0 Å². The van der Waals surface area contributed by atoms with Crippen molar-refractivity contribution >= 4 is 31.8 Å². The van der Waals surface area contributed by atoms with E-state index >= 15 is 0 Å². The lowest BCUT2D eigenvalue weighted by molar-refractivity contribution is 0.599. The van der Waals surface area contributed by atoms with Gasteiger partial charge < -0.3 is 0 Å². The Morgan fingerprint density at radius 2 is 1.71 bits per heavy atom. The van der Waals surface area contributed by atoms with E-state index in [0.717, 1.165) is 11.3 Å². The van der Waals surface area contributed by atoms with Gasteiger partial charge in [0.2, 0.25) is 0 Å². The minimum absolute atomic E-state index is 0.108. The first-order valence-electron chi connectivity index (χ1n) is 9.36. The van der Waals surface area contributed by atoms with Crippen LogP contribution < -0.4 is 4.72 Å². The third-order valence-corrected chi connectivity index (χ3v) is 6.87. The van der Waals surface area contributed by atoms with Crippen molar-refractivity contribution in [2.24, 2.45) is 0 Å². The zero-order valence-corrected chi connectivity index (χ0v) is 19.2. The zero-order chi connectivity index (χ0) is 22.2. The largest absolute Gasteiger partial charge is 0.266 e. The van der Waals surface area contributed by atoms with Gasteiger partial charge in [0.1, 0.15) is 10.7 Å². The zero-order valence-electron chi connectivity index (χ0n) is 16.8. The average Bonchev–Trinajstić information content (AvgIpc) is 3.22. The van der Waals surface area contributed by atoms with E-state index in [1.807, 2.05) is 30.3 Å². The van der Waals surface area contributed by atoms with E-state index in [1.165, 1.54) is 12.1 Å². The minimum Gasteiger partial charge on any atom is -0.265 e. The van der Waals surface area contributed by atoms with E-state index in [9.17, 15) is 12.8 Å². The molecule has 0 saturated carbocycles. The van der Waals surface area contributed by atoms with Crippen molar-refractivity contribution in [2.45, 2.75) is 25.3 Å². The lowest BCUT2D eigenvalue weighted by Gasteiger charge is -2.08. The van der Waals surface area contributed by atoms with Gasteiger partial charge in [0.15, 0.2) is 5.82 Å². The molecule has 0 amide bonds. The van der Waals surface area contributed by atoms with E-state index in [1.54, 1.807) is 41.5 Å². The molecule has 0 fully saturated rings. The van der Waals surface area contributed by atoms with Crippen molar-refractivity contribution in [2.75, 3.05) is 4.72 Å². The predicted octanol–water partition coefficient (Wildman–Crippen LogP) is 4.44. The number of rotatable bonds is 6. The summed E-state index contributed by atoms with van der Waals surface area (Å²) in [7, 11) is -3.94. The summed E-state index contributed by atoms with van der Waals surface area (Å²) in [6.45, 7) is 3.73. The van der Waals surface area contributed by atoms with Gasteiger partial charge in [0, 0.05) is 6.20 Å². The van der Waals surface area contributed by atoms with E-state index < -0.39 is 10.0 Å². The summed E-state index contributed by atoms with van der Waals surface area (Å²) in [4.78, 5) is 0.108. The predicted molar refractivity (Wildman–Crippen MR) is 119 cm³/mol. The van der Waals surface area contributed by atoms with Crippen molar-refractivity contribution in [3.05, 3.63) is 88.0 Å². The second-order valence-electron chi connectivity index (χ2n) is 7.00. The summed E-state index contributed by atoms with van der Waals surface area (Å²) in [6, 6.07) is 15.4. The summed E-state index contributed by atoms with van der Waals surface area (Å²) < 4.78 is 45.6. The number of nitrogens with zero attached hydrogens (tertiary/aromatic N) is 4. The van der Waals surface area contributed by atoms with E-state index in [-0.39, 0.29) is 16.5 Å². The number of benzene rings is 2. The molecule has 1 N–H and O–H groups in total. The molecule has 0 aliphatic heterocycles. The Balaban J connectivity index is 1.62. The first-order chi connectivity index (χ1) is 14.7. The molecule has 31 heavy (non-hydrogen) atoms. The molecule has 2 heterocycles. The molecule has 0 atom stereocenters. The SMILES string of the molecule is Cc1nn(-c2ccccc2)c(C)c1S(=O)(=O)Nc1nn(Cc2ccc(F)cc2)cc1Br. The van der Waals surface area contributed by atoms with E-state index in [4.69, 9.17) is 0 Å². The van der Waals surface area contributed by atoms with Gasteiger partial charge in [-0.2, -0.15) is 10.2 Å². The third kappa shape index (κ3) is 4.40. The standard InChI is InChI=1S/C21H19BrFN5O2S/c1-14-20(15(2)28(24-14)18-6-4-3-5-7-18)31(29,30)26-21-19(22)13-27(25-21)12-16-8-10-17(23)11-9-16/h3-11,13H,12H2,1-2H3,(H,25,26). The highest BCUT2D eigenvalue weighted by atomic mass is 79.9. The van der Waals surface area contributed by atoms with Crippen LogP contribution in [-0.4, -0.2) is 28.0 Å². The van der Waals surface area contributed by atoms with Gasteiger partial charge in [0.25, 0.3) is 10.0 Å². The average molecular weight is 504 g/mol. The van der Waals surface area contributed by atoms with Crippen molar-refractivity contribution in [3.63, 3.8) is 0 Å². The molecule has 4 aromatic rings. The molecule has 2 aromatic carbocycles. The van der Waals surface area contributed by atoms with Crippen LogP contribution in [0.25, 0.3) is 5.69 Å². The van der Waals surface area contributed by atoms with Crippen molar-refractivity contribution in [1.29, 1.82) is 0 Å². The smallest absolute Gasteiger partial charge is 0.265 e. The molecule has 0 spiro atoms. The number of aryl methyl sites for hydroxylation is 1. The Bertz CT molecular complexity index is 1330. The summed E-state index contributed by atoms with van der Waals surface area (Å²) >= 11 is 3.36. The van der Waals surface area contributed by atoms with Crippen LogP contribution >= 0.6 is 15.9 Å². The molecule has 0 aliphatic rings. The van der Waals surface area contributed by atoms with Crippen LogP contribution in [0, 0.1) is 19.7 Å². The fourth-order valence-corrected chi connectivity index (χ4v) is 5.30. The topological polar surface area (TPSA) is 81.8 Å². The Morgan fingerprint density at radius 3 is 2.39 bits per heavy atom. The third-order valence-electron chi connectivity index (χ3n) is 4.70. The number of halogens is 2. The highest BCUT2D eigenvalue weighted by molar-refractivity contribution is 9.10. The molecular formula is C21H19BrFN5O2S. The molecule has 7 nitrogen and oxygen atoms in total. The van der Waals surface area contributed by atoms with Crippen LogP contribution in [0.2, 0.25) is 0 Å². The maximum Gasteiger partial charge on any atom is 0.266 e. The van der Waals surface area contributed by atoms with Crippen LogP contribution in [0.15, 0.2) is 70.2 Å². The molecule has 0 aliphatic carbocycles. The molecule has 0 unspecified atom stereocenters. The fraction of sp³-hybridized carbons (Fsp3) is 0.143. The highest BCUT2D eigenvalue weighted by Crippen LogP contribution is 2.27. The number of nitrogens with one attached hydrogen (secondary N) is 1. The number of anilines is 1. The first-order valence-corrected chi connectivity index (χ1v) is 11.6. The van der Waals surface area contributed by atoms with Crippen molar-refractivity contribution in [1.82, 2.24) is 19.6 Å². The maximum absolute atomic E-state index is 13.2. The van der Waals surface area contributed by atoms with Gasteiger partial charge in [0.05, 0.1) is 28.1 Å². The monoisotopic (exact) mass is 503 g/mol. The fourth-order valence-electron chi connectivity index (χ4n) is 3.34. The Kier molecular flexibility index (Phi) is 5.67. The lowest BCUT2D eigenvalue weighted by atomic mass is 10.2. The molecule has 0 saturated heterocycles. The van der Waals surface area contributed by atoms with Crippen LogP contribution in [0.4, 0.5) is 10.2 Å². The van der Waals surface area contributed by atoms with Gasteiger partial charge in [-0.15, -0.1) is 0 Å². The van der Waals surface area contributed by atoms with E-state index in [0.29, 0.717) is 22.4 Å². The molecule has 160 valence electrons. The minimum atomic E-state index is -3.94. The summed E-state index contributed by atoms with van der Waals surface area (Å²) in [6.07, 6.45) is 1.66. The number of hydrogen-bond acceptors (Lipinski definition) is 4. The van der Waals surface area contributed by atoms with Crippen molar-refractivity contribution < 1.29 is 12.8 Å². The van der Waals surface area contributed by atoms with Gasteiger partial charge >= 0.3 is 0 Å². The summed E-state index contributed by atoms with van der Waals surface area (Å²) in [5, 5.41) is 8.73. The normalized spacial score (nSPS) is 11.6. The second kappa shape index (κ2) is 8.27. The molecule has 10 heteroatoms. The maximum atomic E-state index is 13.2. The number of aromatic nitrogens is 4. The molecule has 4 rings (SSSR count). The highest BCUT2D eigenvalue weighted by Gasteiger charge is 2.27. The Morgan fingerprint density at radius 1 is 1.03 bits per heavy atom. The van der Waals surface area contributed by atoms with Gasteiger partial charge in [-0.3, -0.25) is 9.40 Å². The van der Waals surface area contributed by atoms with Gasteiger partial charge in [-0.1, -0.05) is 30.3 Å². The molecule has 0 radical (unpaired) electrons. The number of para-hydroxylation sites is 1. The second-order valence-corrected chi connectivity index (χ2v) is 9.48. The molecular weight excluding hydrogens is 485 g/mol. The van der Waals surface area contributed by atoms with Crippen LogP contribution in [0.5, 0.6) is 0 Å². The quantitative estimate of drug-likeness (QED) is 0.421. The van der Waals surface area contributed by atoms with Crippen LogP contribution in [0.3, 0.4) is 0 Å². The van der Waals surface area contributed by atoms with Crippen molar-refractivity contribution in [3.8, 4) is 5.69 Å². The number of hydrogen-bond donors (Lipinski definition) is 1. The summed E-state index contributed by atoms with van der Waals surface area (Å²) in [5.74, 6) is -0.158. The number of sulfonamides is 1.